The molecule has 1 aliphatic carbocycles. The molecule has 1 aromatic carbocycles. The Kier molecular flexibility index (Phi) is 3.69. The number of benzene rings is 1. The highest BCUT2D eigenvalue weighted by Gasteiger charge is 2.41. The predicted molar refractivity (Wildman–Crippen MR) is 81.4 cm³/mol. The lowest BCUT2D eigenvalue weighted by molar-refractivity contribution is 0.567. The van der Waals surface area contributed by atoms with Gasteiger partial charge in [-0.25, -0.2) is 0 Å². The van der Waals surface area contributed by atoms with Crippen LogP contribution in [0, 0.1) is 0 Å². The lowest BCUT2D eigenvalue weighted by atomic mass is 10.2. The molecular formula is C16H22OS. The molecule has 0 spiro atoms. The molecular weight excluding hydrogens is 240 g/mol. The van der Waals surface area contributed by atoms with Crippen LogP contribution in [0.1, 0.15) is 27.2 Å². The maximum absolute atomic E-state index is 11.4. The van der Waals surface area contributed by atoms with Crippen molar-refractivity contribution in [2.75, 3.05) is 0 Å². The molecule has 0 bridgehead atoms. The van der Waals surface area contributed by atoms with Crippen molar-refractivity contribution in [3.8, 4) is 0 Å². The van der Waals surface area contributed by atoms with Gasteiger partial charge in [0.15, 0.2) is 0 Å². The van der Waals surface area contributed by atoms with Gasteiger partial charge in [-0.1, -0.05) is 63.3 Å². The van der Waals surface area contributed by atoms with Gasteiger partial charge in [-0.15, -0.1) is 10.3 Å². The van der Waals surface area contributed by atoms with E-state index >= 15 is 0 Å². The Morgan fingerprint density at radius 1 is 1.11 bits per heavy atom. The number of hydrogen-bond acceptors (Lipinski definition) is 1. The van der Waals surface area contributed by atoms with Crippen molar-refractivity contribution in [3.05, 3.63) is 54.6 Å². The molecule has 0 radical (unpaired) electrons. The van der Waals surface area contributed by atoms with E-state index in [1.807, 2.05) is 18.2 Å². The molecule has 0 aliphatic heterocycles. The molecule has 18 heavy (non-hydrogen) atoms. The molecule has 0 amide bonds. The molecule has 0 saturated carbocycles. The van der Waals surface area contributed by atoms with Gasteiger partial charge in [-0.2, -0.15) is 0 Å². The minimum atomic E-state index is -1.87. The highest BCUT2D eigenvalue weighted by atomic mass is 32.3. The summed E-state index contributed by atoms with van der Waals surface area (Å²) in [4.78, 5) is 1.09. The molecule has 2 atom stereocenters. The molecule has 0 saturated heterocycles. The monoisotopic (exact) mass is 262 g/mol. The highest BCUT2D eigenvalue weighted by molar-refractivity contribution is 8.30. The molecule has 0 aromatic heterocycles. The summed E-state index contributed by atoms with van der Waals surface area (Å²) in [5.74, 6) is 0. The minimum Gasteiger partial charge on any atom is -0.346 e. The van der Waals surface area contributed by atoms with Crippen LogP contribution in [-0.2, 0) is 0 Å². The zero-order valence-electron chi connectivity index (χ0n) is 11.3. The van der Waals surface area contributed by atoms with E-state index in [9.17, 15) is 4.55 Å². The second kappa shape index (κ2) is 4.94. The Morgan fingerprint density at radius 3 is 2.28 bits per heavy atom. The first-order chi connectivity index (χ1) is 8.46. The summed E-state index contributed by atoms with van der Waals surface area (Å²) in [6.07, 6.45) is 9.35. The van der Waals surface area contributed by atoms with Crippen LogP contribution in [-0.4, -0.2) is 14.5 Å². The van der Waals surface area contributed by atoms with E-state index in [2.05, 4.69) is 57.2 Å². The van der Waals surface area contributed by atoms with Gasteiger partial charge in [0.25, 0.3) is 0 Å². The van der Waals surface area contributed by atoms with E-state index in [1.165, 1.54) is 0 Å². The van der Waals surface area contributed by atoms with Crippen molar-refractivity contribution < 1.29 is 4.55 Å². The molecule has 1 N–H and O–H groups in total. The zero-order chi connectivity index (χ0) is 13.2. The Labute approximate surface area is 112 Å². The minimum absolute atomic E-state index is 0.130. The number of hydrogen-bond donors (Lipinski definition) is 1. The van der Waals surface area contributed by atoms with Gasteiger partial charge in [0.1, 0.15) is 0 Å². The van der Waals surface area contributed by atoms with Crippen molar-refractivity contribution in [1.82, 2.24) is 0 Å². The second-order valence-corrected chi connectivity index (χ2v) is 9.19. The van der Waals surface area contributed by atoms with Crippen molar-refractivity contribution >= 4 is 10.3 Å². The first kappa shape index (κ1) is 13.4. The largest absolute Gasteiger partial charge is 0.346 e. The standard InChI is InChI=1S/C16H22OS/c1-16(2,3)18(17,14-10-6-4-7-11-14)15-12-8-5-9-13-15/h4-12,15,17H,13H2,1-3H3. The van der Waals surface area contributed by atoms with Crippen LogP contribution in [0.3, 0.4) is 0 Å². The topological polar surface area (TPSA) is 20.2 Å². The third-order valence-electron chi connectivity index (χ3n) is 3.42. The van der Waals surface area contributed by atoms with Gasteiger partial charge in [0, 0.05) is 14.9 Å². The van der Waals surface area contributed by atoms with Crippen molar-refractivity contribution in [3.63, 3.8) is 0 Å². The lowest BCUT2D eigenvalue weighted by Crippen LogP contribution is -2.33. The Hall–Kier alpha value is -0.990. The van der Waals surface area contributed by atoms with Crippen molar-refractivity contribution in [2.24, 2.45) is 0 Å². The van der Waals surface area contributed by atoms with Gasteiger partial charge in [0.05, 0.1) is 0 Å². The highest BCUT2D eigenvalue weighted by Crippen LogP contribution is 2.66. The second-order valence-electron chi connectivity index (χ2n) is 5.64. The molecule has 1 aromatic rings. The van der Waals surface area contributed by atoms with Gasteiger partial charge in [-0.3, -0.25) is 0 Å². The van der Waals surface area contributed by atoms with E-state index in [0.29, 0.717) is 0 Å². The first-order valence-electron chi connectivity index (χ1n) is 6.39. The molecule has 1 nitrogen and oxygen atoms in total. The normalized spacial score (nSPS) is 24.6. The summed E-state index contributed by atoms with van der Waals surface area (Å²) in [5, 5.41) is 0.213. The fourth-order valence-corrected chi connectivity index (χ4v) is 5.67. The van der Waals surface area contributed by atoms with Crippen molar-refractivity contribution in [1.29, 1.82) is 0 Å². The van der Waals surface area contributed by atoms with E-state index in [-0.39, 0.29) is 10.00 Å². The fourth-order valence-electron chi connectivity index (χ4n) is 2.42. The van der Waals surface area contributed by atoms with Gasteiger partial charge >= 0.3 is 0 Å². The van der Waals surface area contributed by atoms with Gasteiger partial charge in [-0.05, 0) is 18.6 Å². The zero-order valence-corrected chi connectivity index (χ0v) is 12.2. The van der Waals surface area contributed by atoms with Crippen LogP contribution in [0.5, 0.6) is 0 Å². The summed E-state index contributed by atoms with van der Waals surface area (Å²) < 4.78 is 11.3. The van der Waals surface area contributed by atoms with Crippen LogP contribution in [0.4, 0.5) is 0 Å². The number of allylic oxidation sites excluding steroid dienone is 3. The van der Waals surface area contributed by atoms with E-state index in [1.54, 1.807) is 0 Å². The smallest absolute Gasteiger partial charge is 0.0365 e. The van der Waals surface area contributed by atoms with Crippen LogP contribution < -0.4 is 0 Å². The summed E-state index contributed by atoms with van der Waals surface area (Å²) in [7, 11) is -1.87. The molecule has 1 aliphatic rings. The third kappa shape index (κ3) is 2.27. The maximum atomic E-state index is 11.4. The molecule has 2 rings (SSSR count). The molecule has 0 heterocycles. The van der Waals surface area contributed by atoms with Crippen LogP contribution in [0.25, 0.3) is 0 Å². The summed E-state index contributed by atoms with van der Waals surface area (Å²) in [6, 6.07) is 10.2. The first-order valence-corrected chi connectivity index (χ1v) is 8.04. The van der Waals surface area contributed by atoms with Crippen molar-refractivity contribution in [2.45, 2.75) is 42.1 Å². The quantitative estimate of drug-likeness (QED) is 0.794. The van der Waals surface area contributed by atoms with E-state index in [0.717, 1.165) is 11.3 Å². The van der Waals surface area contributed by atoms with Crippen LogP contribution >= 0.6 is 10.3 Å². The molecule has 2 unspecified atom stereocenters. The SMILES string of the molecule is CC(C)(C)S(O)(c1ccccc1)C1C=CC=CC1. The maximum Gasteiger partial charge on any atom is 0.0365 e. The van der Waals surface area contributed by atoms with Gasteiger partial charge < -0.3 is 4.55 Å². The average Bonchev–Trinajstić information content (AvgIpc) is 2.38. The molecule has 0 fully saturated rings. The Morgan fingerprint density at radius 2 is 1.78 bits per heavy atom. The predicted octanol–water partition coefficient (Wildman–Crippen LogP) is 5.01. The Balaban J connectivity index is 2.48. The van der Waals surface area contributed by atoms with Gasteiger partial charge in [0.2, 0.25) is 0 Å². The summed E-state index contributed by atoms with van der Waals surface area (Å²) in [6.45, 7) is 6.42. The van der Waals surface area contributed by atoms with Crippen LogP contribution in [0.15, 0.2) is 59.5 Å². The van der Waals surface area contributed by atoms with E-state index < -0.39 is 10.3 Å². The molecule has 2 heteroatoms. The average molecular weight is 262 g/mol. The fraction of sp³-hybridized carbons (Fsp3) is 0.375. The summed E-state index contributed by atoms with van der Waals surface area (Å²) >= 11 is 0. The lowest BCUT2D eigenvalue weighted by Gasteiger charge is -2.50. The third-order valence-corrected chi connectivity index (χ3v) is 7.50. The summed E-state index contributed by atoms with van der Waals surface area (Å²) in [5.41, 5.74) is 0. The van der Waals surface area contributed by atoms with Crippen LogP contribution in [0.2, 0.25) is 0 Å². The molecule has 98 valence electrons. The van der Waals surface area contributed by atoms with E-state index in [4.69, 9.17) is 0 Å². The number of rotatable bonds is 2. The Bertz CT molecular complexity index is 456.